The van der Waals surface area contributed by atoms with E-state index in [2.05, 4.69) is 4.98 Å². The van der Waals surface area contributed by atoms with Gasteiger partial charge in [0.05, 0.1) is 17.8 Å². The van der Waals surface area contributed by atoms with Crippen LogP contribution in [0.5, 0.6) is 0 Å². The molecule has 0 radical (unpaired) electrons. The lowest BCUT2D eigenvalue weighted by Crippen LogP contribution is -2.33. The third-order valence-corrected chi connectivity index (χ3v) is 3.78. The van der Waals surface area contributed by atoms with Gasteiger partial charge in [-0.15, -0.1) is 11.3 Å². The van der Waals surface area contributed by atoms with Gasteiger partial charge in [0, 0.05) is 10.9 Å². The van der Waals surface area contributed by atoms with Crippen molar-refractivity contribution in [3.8, 4) is 11.3 Å². The Morgan fingerprint density at radius 2 is 2.05 bits per heavy atom. The van der Waals surface area contributed by atoms with E-state index in [-0.39, 0.29) is 18.1 Å². The molecule has 0 unspecified atom stereocenters. The molecule has 1 aromatic carbocycles. The van der Waals surface area contributed by atoms with Crippen molar-refractivity contribution in [1.82, 2.24) is 9.99 Å². The molecule has 3 rings (SSSR count). The summed E-state index contributed by atoms with van der Waals surface area (Å²) in [5.74, 6) is 5.80. The van der Waals surface area contributed by atoms with Gasteiger partial charge in [-0.1, -0.05) is 30.3 Å². The molecule has 0 spiro atoms. The van der Waals surface area contributed by atoms with Gasteiger partial charge >= 0.3 is 0 Å². The van der Waals surface area contributed by atoms with Crippen molar-refractivity contribution in [2.24, 2.45) is 5.84 Å². The third kappa shape index (κ3) is 2.00. The van der Waals surface area contributed by atoms with E-state index in [1.165, 1.54) is 16.3 Å². The Morgan fingerprint density at radius 3 is 2.68 bits per heavy atom. The van der Waals surface area contributed by atoms with Gasteiger partial charge in [0.1, 0.15) is 16.6 Å². The summed E-state index contributed by atoms with van der Waals surface area (Å²) in [5.41, 5.74) is 2.28. The zero-order valence-electron chi connectivity index (χ0n) is 10.00. The molecule has 1 aromatic heterocycles. The van der Waals surface area contributed by atoms with Crippen molar-refractivity contribution in [2.75, 3.05) is 6.54 Å². The highest BCUT2D eigenvalue weighted by molar-refractivity contribution is 7.11. The number of rotatable bonds is 2. The number of benzene rings is 1. The molecule has 0 bridgehead atoms. The second-order valence-corrected chi connectivity index (χ2v) is 5.06. The summed E-state index contributed by atoms with van der Waals surface area (Å²) in [6.45, 7) is 0.161. The Bertz CT molecular complexity index is 662. The van der Waals surface area contributed by atoms with Crippen LogP contribution < -0.4 is 5.84 Å². The fourth-order valence-electron chi connectivity index (χ4n) is 1.95. The number of nitrogens with two attached hydrogens (primary N) is 1. The van der Waals surface area contributed by atoms with E-state index < -0.39 is 0 Å². The predicted molar refractivity (Wildman–Crippen MR) is 75.7 cm³/mol. The first-order chi connectivity index (χ1) is 9.16. The SMILES string of the molecule is N=C1C(c2nc(-c3ccccc3)cs2)=C(O)CN1N. The van der Waals surface area contributed by atoms with E-state index in [0.717, 1.165) is 11.3 Å². The topological polar surface area (TPSA) is 86.2 Å². The van der Waals surface area contributed by atoms with E-state index >= 15 is 0 Å². The first-order valence-corrected chi connectivity index (χ1v) is 6.59. The third-order valence-electron chi connectivity index (χ3n) is 2.92. The molecular formula is C13H12N4OS. The van der Waals surface area contributed by atoms with Gasteiger partial charge in [0.25, 0.3) is 0 Å². The van der Waals surface area contributed by atoms with Crippen molar-refractivity contribution >= 4 is 22.7 Å². The van der Waals surface area contributed by atoms with Crippen LogP contribution in [0.15, 0.2) is 41.5 Å². The first-order valence-electron chi connectivity index (χ1n) is 5.71. The molecule has 0 aliphatic carbocycles. The van der Waals surface area contributed by atoms with Crippen molar-refractivity contribution < 1.29 is 5.11 Å². The normalized spacial score (nSPS) is 15.4. The summed E-state index contributed by atoms with van der Waals surface area (Å²) < 4.78 is 0. The fourth-order valence-corrected chi connectivity index (χ4v) is 2.85. The van der Waals surface area contributed by atoms with Crippen LogP contribution in [0.1, 0.15) is 5.01 Å². The van der Waals surface area contributed by atoms with E-state index in [4.69, 9.17) is 11.3 Å². The maximum Gasteiger partial charge on any atom is 0.149 e. The minimum absolute atomic E-state index is 0.0986. The van der Waals surface area contributed by atoms with Crippen LogP contribution in [0.3, 0.4) is 0 Å². The molecule has 1 aliphatic rings. The molecule has 96 valence electrons. The van der Waals surface area contributed by atoms with Gasteiger partial charge in [-0.3, -0.25) is 10.4 Å². The number of hydrogen-bond acceptors (Lipinski definition) is 5. The number of aliphatic hydroxyl groups is 1. The van der Waals surface area contributed by atoms with E-state index in [1.807, 2.05) is 35.7 Å². The lowest BCUT2D eigenvalue weighted by atomic mass is 10.2. The zero-order chi connectivity index (χ0) is 13.4. The van der Waals surface area contributed by atoms with E-state index in [9.17, 15) is 5.11 Å². The van der Waals surface area contributed by atoms with Gasteiger partial charge < -0.3 is 5.11 Å². The maximum atomic E-state index is 9.85. The minimum Gasteiger partial charge on any atom is -0.509 e. The molecule has 0 atom stereocenters. The minimum atomic E-state index is 0.0986. The molecule has 1 aliphatic heterocycles. The quantitative estimate of drug-likeness (QED) is 0.732. The van der Waals surface area contributed by atoms with Crippen LogP contribution in [0.2, 0.25) is 0 Å². The summed E-state index contributed by atoms with van der Waals surface area (Å²) in [6, 6.07) is 9.79. The summed E-state index contributed by atoms with van der Waals surface area (Å²) >= 11 is 1.40. The van der Waals surface area contributed by atoms with Crippen LogP contribution in [0, 0.1) is 5.41 Å². The summed E-state index contributed by atoms with van der Waals surface area (Å²) in [5, 5.41) is 21.4. The van der Waals surface area contributed by atoms with E-state index in [1.54, 1.807) is 0 Å². The smallest absolute Gasteiger partial charge is 0.149 e. The highest BCUT2D eigenvalue weighted by Crippen LogP contribution is 2.30. The van der Waals surface area contributed by atoms with Crippen LogP contribution in [0.25, 0.3) is 16.8 Å². The molecule has 0 amide bonds. The van der Waals surface area contributed by atoms with Gasteiger partial charge in [0.15, 0.2) is 0 Å². The van der Waals surface area contributed by atoms with Gasteiger partial charge in [-0.25, -0.2) is 10.8 Å². The van der Waals surface area contributed by atoms with Crippen molar-refractivity contribution in [3.05, 3.63) is 46.5 Å². The number of hydrogen-bond donors (Lipinski definition) is 3. The Kier molecular flexibility index (Phi) is 2.81. The zero-order valence-corrected chi connectivity index (χ0v) is 10.8. The first kappa shape index (κ1) is 11.9. The second kappa shape index (κ2) is 4.49. The number of nitrogens with one attached hydrogen (secondary N) is 1. The largest absolute Gasteiger partial charge is 0.509 e. The monoisotopic (exact) mass is 272 g/mol. The number of nitrogens with zero attached hydrogens (tertiary/aromatic N) is 2. The van der Waals surface area contributed by atoms with Crippen LogP contribution in [-0.2, 0) is 0 Å². The van der Waals surface area contributed by atoms with Crippen LogP contribution in [-0.4, -0.2) is 27.5 Å². The highest BCUT2D eigenvalue weighted by atomic mass is 32.1. The van der Waals surface area contributed by atoms with Crippen molar-refractivity contribution in [3.63, 3.8) is 0 Å². The molecule has 0 saturated heterocycles. The average Bonchev–Trinajstić information content (AvgIpc) is 2.97. The number of aromatic nitrogens is 1. The lowest BCUT2D eigenvalue weighted by Gasteiger charge is -2.08. The second-order valence-electron chi connectivity index (χ2n) is 4.20. The predicted octanol–water partition coefficient (Wildman–Crippen LogP) is 2.25. The van der Waals surface area contributed by atoms with Crippen LogP contribution in [0.4, 0.5) is 0 Å². The maximum absolute atomic E-state index is 9.85. The summed E-state index contributed by atoms with van der Waals surface area (Å²) in [4.78, 5) is 4.48. The fraction of sp³-hybridized carbons (Fsp3) is 0.0769. The Morgan fingerprint density at radius 1 is 1.32 bits per heavy atom. The van der Waals surface area contributed by atoms with E-state index in [0.29, 0.717) is 10.6 Å². The Hall–Kier alpha value is -2.18. The lowest BCUT2D eigenvalue weighted by molar-refractivity contribution is 0.355. The number of amidine groups is 1. The van der Waals surface area contributed by atoms with Crippen molar-refractivity contribution in [2.45, 2.75) is 0 Å². The van der Waals surface area contributed by atoms with Crippen LogP contribution >= 0.6 is 11.3 Å². The molecule has 4 N–H and O–H groups in total. The van der Waals surface area contributed by atoms with Gasteiger partial charge in [-0.05, 0) is 0 Å². The number of thiazole rings is 1. The molecule has 0 saturated carbocycles. The molecule has 0 fully saturated rings. The van der Waals surface area contributed by atoms with Gasteiger partial charge in [0.2, 0.25) is 0 Å². The molecule has 5 nitrogen and oxygen atoms in total. The summed E-state index contributed by atoms with van der Waals surface area (Å²) in [7, 11) is 0. The number of hydrazine groups is 1. The van der Waals surface area contributed by atoms with Gasteiger partial charge in [-0.2, -0.15) is 0 Å². The average molecular weight is 272 g/mol. The van der Waals surface area contributed by atoms with Crippen molar-refractivity contribution in [1.29, 1.82) is 5.41 Å². The molecule has 19 heavy (non-hydrogen) atoms. The highest BCUT2D eigenvalue weighted by Gasteiger charge is 2.28. The number of aliphatic hydroxyl groups excluding tert-OH is 1. The Balaban J connectivity index is 1.99. The molecule has 2 aromatic rings. The Labute approximate surface area is 114 Å². The summed E-state index contributed by atoms with van der Waals surface area (Å²) in [6.07, 6.45) is 0. The standard InChI is InChI=1S/C13H12N4OS/c14-12-11(10(18)6-17(12)15)13-16-9(7-19-13)8-4-2-1-3-5-8/h1-5,7,14,18H,6,15H2. The molecule has 2 heterocycles. The molecule has 6 heteroatoms. The molecular weight excluding hydrogens is 260 g/mol.